The molecule has 0 amide bonds. The van der Waals surface area contributed by atoms with Gasteiger partial charge in [-0.15, -0.1) is 0 Å². The molecule has 1 rings (SSSR count). The van der Waals surface area contributed by atoms with E-state index in [1.807, 2.05) is 0 Å². The van der Waals surface area contributed by atoms with E-state index in [-0.39, 0.29) is 0 Å². The van der Waals surface area contributed by atoms with Crippen molar-refractivity contribution in [1.82, 2.24) is 0 Å². The van der Waals surface area contributed by atoms with Crippen molar-refractivity contribution in [3.63, 3.8) is 0 Å². The molecule has 0 aliphatic carbocycles. The number of rotatable bonds is 9. The Kier molecular flexibility index (Phi) is 10.5. The second-order valence-corrected chi connectivity index (χ2v) is 10.8. The third kappa shape index (κ3) is 7.55. The van der Waals surface area contributed by atoms with Crippen LogP contribution in [0, 0.1) is 0 Å². The standard InChI is InChI=1S/C11H24N.C4F10NO4S2/c1-3-5-6-9-12(4-2)10-7-8-11-12;5-1(6,7)3(11,12)20(16,17)15-21(18,19)4(13,14)2(8,9)10/h3-11H2,1-2H3;/q+1;-1. The van der Waals surface area contributed by atoms with Gasteiger partial charge in [0.1, 0.15) is 0 Å². The third-order valence-corrected chi connectivity index (χ3v) is 8.25. The van der Waals surface area contributed by atoms with Gasteiger partial charge in [0.05, 0.1) is 26.2 Å². The first-order valence-corrected chi connectivity index (χ1v) is 12.4. The number of unbranched alkanes of at least 4 members (excludes halogenated alkanes) is 2. The molecule has 0 radical (unpaired) electrons. The molecular weight excluding hydrogens is 526 g/mol. The monoisotopic (exact) mass is 550 g/mol. The van der Waals surface area contributed by atoms with Crippen molar-refractivity contribution in [2.45, 2.75) is 68.8 Å². The molecule has 0 unspecified atom stereocenters. The number of halogens is 10. The lowest BCUT2D eigenvalue weighted by atomic mass is 10.2. The average Bonchev–Trinajstić information content (AvgIpc) is 3.09. The molecule has 0 bridgehead atoms. The van der Waals surface area contributed by atoms with Crippen LogP contribution in [0.25, 0.3) is 4.13 Å². The van der Waals surface area contributed by atoms with Gasteiger partial charge in [-0.2, -0.15) is 43.9 Å². The van der Waals surface area contributed by atoms with Crippen LogP contribution in [0.1, 0.15) is 46.0 Å². The molecule has 1 fully saturated rings. The van der Waals surface area contributed by atoms with Crippen molar-refractivity contribution in [2.75, 3.05) is 26.2 Å². The summed E-state index contributed by atoms with van der Waals surface area (Å²) in [5.41, 5.74) is 0. The average molecular weight is 550 g/mol. The molecule has 33 heavy (non-hydrogen) atoms. The van der Waals surface area contributed by atoms with Crippen LogP contribution in [-0.4, -0.2) is 70.4 Å². The van der Waals surface area contributed by atoms with Crippen molar-refractivity contribution in [2.24, 2.45) is 0 Å². The SMILES string of the molecule is CCCCC[N+]1(CC)CCCC1.O=S(=O)([N-]S(=O)(=O)C(F)(F)C(F)(F)F)C(F)(F)C(F)(F)F. The summed E-state index contributed by atoms with van der Waals surface area (Å²) in [6.07, 6.45) is -6.81. The number of likely N-dealkylation sites (tertiary alicyclic amines) is 1. The third-order valence-electron chi connectivity index (χ3n) is 4.93. The number of hydrogen-bond acceptors (Lipinski definition) is 4. The fraction of sp³-hybridized carbons (Fsp3) is 1.00. The Morgan fingerprint density at radius 1 is 0.697 bits per heavy atom. The summed E-state index contributed by atoms with van der Waals surface area (Å²) >= 11 is 0. The van der Waals surface area contributed by atoms with E-state index in [1.165, 1.54) is 62.8 Å². The fourth-order valence-electron chi connectivity index (χ4n) is 2.92. The molecule has 0 aromatic carbocycles. The first-order valence-electron chi connectivity index (χ1n) is 9.51. The highest BCUT2D eigenvalue weighted by molar-refractivity contribution is 8.13. The summed E-state index contributed by atoms with van der Waals surface area (Å²) in [7, 11) is -15.2. The second kappa shape index (κ2) is 10.8. The van der Waals surface area contributed by atoms with Crippen LogP contribution >= 0.6 is 0 Å². The lowest BCUT2D eigenvalue weighted by Crippen LogP contribution is -2.48. The summed E-state index contributed by atoms with van der Waals surface area (Å²) in [4.78, 5) is 0. The van der Waals surface area contributed by atoms with Crippen LogP contribution < -0.4 is 0 Å². The summed E-state index contributed by atoms with van der Waals surface area (Å²) in [6.45, 7) is 10.4. The Morgan fingerprint density at radius 2 is 1.06 bits per heavy atom. The molecule has 0 aromatic rings. The number of alkyl halides is 10. The van der Waals surface area contributed by atoms with E-state index < -0.39 is 42.9 Å². The van der Waals surface area contributed by atoms with E-state index in [9.17, 15) is 60.7 Å². The first-order chi connectivity index (χ1) is 14.5. The highest BCUT2D eigenvalue weighted by Gasteiger charge is 2.68. The lowest BCUT2D eigenvalue weighted by Gasteiger charge is -2.33. The fourth-order valence-corrected chi connectivity index (χ4v) is 5.28. The Morgan fingerprint density at radius 3 is 1.33 bits per heavy atom. The molecule has 1 aliphatic rings. The number of sulfonamides is 2. The van der Waals surface area contributed by atoms with Gasteiger partial charge < -0.3 is 8.61 Å². The molecule has 6 nitrogen and oxygen atoms in total. The molecule has 18 heteroatoms. The van der Waals surface area contributed by atoms with E-state index in [4.69, 9.17) is 0 Å². The van der Waals surface area contributed by atoms with Gasteiger partial charge in [0.25, 0.3) is 0 Å². The molecule has 1 heterocycles. The van der Waals surface area contributed by atoms with E-state index >= 15 is 0 Å². The van der Waals surface area contributed by atoms with E-state index in [2.05, 4.69) is 13.8 Å². The molecule has 0 saturated carbocycles. The van der Waals surface area contributed by atoms with Crippen LogP contribution in [0.5, 0.6) is 0 Å². The Hall–Kier alpha value is -0.880. The van der Waals surface area contributed by atoms with Crippen LogP contribution in [0.2, 0.25) is 0 Å². The summed E-state index contributed by atoms with van der Waals surface area (Å²) < 4.78 is 162. The van der Waals surface area contributed by atoms with E-state index in [0.717, 1.165) is 0 Å². The Balaban J connectivity index is 0.000000716. The largest absolute Gasteiger partial charge is 0.467 e. The van der Waals surface area contributed by atoms with Gasteiger partial charge in [-0.05, 0) is 19.8 Å². The number of hydrogen-bond donors (Lipinski definition) is 0. The minimum absolute atomic E-state index is 0.422. The first kappa shape index (κ1) is 32.1. The molecule has 0 N–H and O–H groups in total. The molecular formula is C15H24F10N2O4S2. The predicted octanol–water partition coefficient (Wildman–Crippen LogP) is 5.14. The van der Waals surface area contributed by atoms with Crippen LogP contribution in [0.3, 0.4) is 0 Å². The summed E-state index contributed by atoms with van der Waals surface area (Å²) in [5, 5.41) is -14.0. The van der Waals surface area contributed by atoms with Gasteiger partial charge in [0.15, 0.2) is 20.0 Å². The predicted molar refractivity (Wildman–Crippen MR) is 97.4 cm³/mol. The van der Waals surface area contributed by atoms with Gasteiger partial charge in [-0.3, -0.25) is 0 Å². The van der Waals surface area contributed by atoms with Crippen LogP contribution in [-0.2, 0) is 20.0 Å². The maximum Gasteiger partial charge on any atom is 0.467 e. The second-order valence-electron chi connectivity index (χ2n) is 7.30. The molecule has 200 valence electrons. The van der Waals surface area contributed by atoms with Gasteiger partial charge >= 0.3 is 22.9 Å². The summed E-state index contributed by atoms with van der Waals surface area (Å²) in [5.74, 6) is 0. The van der Waals surface area contributed by atoms with Crippen LogP contribution in [0.4, 0.5) is 43.9 Å². The van der Waals surface area contributed by atoms with Crippen molar-refractivity contribution in [3.05, 3.63) is 4.13 Å². The minimum Gasteiger partial charge on any atom is -0.425 e. The smallest absolute Gasteiger partial charge is 0.425 e. The quantitative estimate of drug-likeness (QED) is 0.226. The zero-order valence-corrected chi connectivity index (χ0v) is 19.1. The molecule has 0 aromatic heterocycles. The van der Waals surface area contributed by atoms with Crippen molar-refractivity contribution in [1.29, 1.82) is 0 Å². The lowest BCUT2D eigenvalue weighted by molar-refractivity contribution is -0.915. The van der Waals surface area contributed by atoms with E-state index in [0.29, 0.717) is 4.13 Å². The van der Waals surface area contributed by atoms with Gasteiger partial charge in [-0.25, -0.2) is 16.8 Å². The Bertz CT molecular complexity index is 780. The molecule has 1 saturated heterocycles. The number of nitrogens with zero attached hydrogens (tertiary/aromatic N) is 2. The number of quaternary nitrogens is 1. The topological polar surface area (TPSA) is 82.4 Å². The van der Waals surface area contributed by atoms with Gasteiger partial charge in [-0.1, -0.05) is 13.3 Å². The van der Waals surface area contributed by atoms with Crippen molar-refractivity contribution in [3.8, 4) is 0 Å². The van der Waals surface area contributed by atoms with Crippen molar-refractivity contribution < 1.29 is 65.2 Å². The van der Waals surface area contributed by atoms with Crippen LogP contribution in [0.15, 0.2) is 0 Å². The normalized spacial score (nSPS) is 18.1. The van der Waals surface area contributed by atoms with E-state index in [1.54, 1.807) is 0 Å². The maximum absolute atomic E-state index is 12.3. The maximum atomic E-state index is 12.3. The van der Waals surface area contributed by atoms with Gasteiger partial charge in [0.2, 0.25) is 0 Å². The molecule has 0 atom stereocenters. The zero-order chi connectivity index (χ0) is 26.6. The van der Waals surface area contributed by atoms with Crippen molar-refractivity contribution >= 4 is 20.0 Å². The van der Waals surface area contributed by atoms with Gasteiger partial charge in [0, 0.05) is 12.8 Å². The molecule has 0 spiro atoms. The highest BCUT2D eigenvalue weighted by atomic mass is 32.3. The highest BCUT2D eigenvalue weighted by Crippen LogP contribution is 2.47. The molecule has 1 aliphatic heterocycles. The summed E-state index contributed by atoms with van der Waals surface area (Å²) in [6, 6.07) is 0. The zero-order valence-electron chi connectivity index (χ0n) is 17.5. The Labute approximate surface area is 185 Å². The minimum atomic E-state index is -7.62.